The average Bonchev–Trinajstić information content (AvgIpc) is 2.55. The third kappa shape index (κ3) is 2.84. The molecular formula is C10H16O3. The molecule has 0 heterocycles. The molecule has 1 aliphatic rings. The van der Waals surface area contributed by atoms with E-state index in [0.29, 0.717) is 0 Å². The molecule has 0 aromatic heterocycles. The monoisotopic (exact) mass is 184 g/mol. The van der Waals surface area contributed by atoms with Gasteiger partial charge >= 0.3 is 5.97 Å². The number of aliphatic hydroxyl groups is 1. The van der Waals surface area contributed by atoms with E-state index in [1.54, 1.807) is 0 Å². The maximum absolute atomic E-state index is 11.3. The van der Waals surface area contributed by atoms with Crippen molar-refractivity contribution < 1.29 is 14.6 Å². The molecule has 0 aromatic rings. The molecule has 1 atom stereocenters. The van der Waals surface area contributed by atoms with Crippen molar-refractivity contribution in [3.8, 4) is 0 Å². The molecule has 13 heavy (non-hydrogen) atoms. The lowest BCUT2D eigenvalue weighted by molar-refractivity contribution is -0.144. The van der Waals surface area contributed by atoms with Gasteiger partial charge in [-0.1, -0.05) is 6.58 Å². The number of esters is 1. The van der Waals surface area contributed by atoms with Crippen LogP contribution in [0.1, 0.15) is 32.6 Å². The fourth-order valence-corrected chi connectivity index (χ4v) is 1.40. The molecule has 0 aromatic carbocycles. The Kier molecular flexibility index (Phi) is 3.48. The van der Waals surface area contributed by atoms with Gasteiger partial charge in [0.1, 0.15) is 6.10 Å². The summed E-state index contributed by atoms with van der Waals surface area (Å²) in [4.78, 5) is 11.3. The Morgan fingerprint density at radius 3 is 2.54 bits per heavy atom. The SMILES string of the molecule is C=C(C(=O)OC1CCCC1)C(C)O. The van der Waals surface area contributed by atoms with Gasteiger partial charge < -0.3 is 9.84 Å². The van der Waals surface area contributed by atoms with E-state index < -0.39 is 12.1 Å². The molecule has 3 heteroatoms. The molecule has 1 fully saturated rings. The Balaban J connectivity index is 2.35. The van der Waals surface area contributed by atoms with Crippen LogP contribution in [0.2, 0.25) is 0 Å². The lowest BCUT2D eigenvalue weighted by Crippen LogP contribution is -2.21. The van der Waals surface area contributed by atoms with Crippen LogP contribution >= 0.6 is 0 Å². The van der Waals surface area contributed by atoms with E-state index in [0.717, 1.165) is 25.7 Å². The molecule has 1 rings (SSSR count). The van der Waals surface area contributed by atoms with Crippen molar-refractivity contribution in [1.82, 2.24) is 0 Å². The molecule has 74 valence electrons. The van der Waals surface area contributed by atoms with E-state index in [4.69, 9.17) is 9.84 Å². The first-order valence-electron chi connectivity index (χ1n) is 4.69. The van der Waals surface area contributed by atoms with Gasteiger partial charge in [-0.2, -0.15) is 0 Å². The van der Waals surface area contributed by atoms with E-state index in [-0.39, 0.29) is 11.7 Å². The van der Waals surface area contributed by atoms with Crippen molar-refractivity contribution in [1.29, 1.82) is 0 Å². The molecule has 0 spiro atoms. The summed E-state index contributed by atoms with van der Waals surface area (Å²) in [7, 11) is 0. The Hall–Kier alpha value is -0.830. The van der Waals surface area contributed by atoms with Gasteiger partial charge in [0.15, 0.2) is 0 Å². The van der Waals surface area contributed by atoms with Crippen LogP contribution in [0.5, 0.6) is 0 Å². The first kappa shape index (κ1) is 10.3. The van der Waals surface area contributed by atoms with Crippen molar-refractivity contribution >= 4 is 5.97 Å². The second-order valence-electron chi connectivity index (χ2n) is 3.51. The predicted molar refractivity (Wildman–Crippen MR) is 49.2 cm³/mol. The van der Waals surface area contributed by atoms with E-state index >= 15 is 0 Å². The zero-order chi connectivity index (χ0) is 9.84. The lowest BCUT2D eigenvalue weighted by Gasteiger charge is -2.13. The van der Waals surface area contributed by atoms with E-state index in [2.05, 4.69) is 6.58 Å². The summed E-state index contributed by atoms with van der Waals surface area (Å²) < 4.78 is 5.14. The minimum absolute atomic E-state index is 0.0444. The number of carbonyl (C=O) groups is 1. The highest BCUT2D eigenvalue weighted by molar-refractivity contribution is 5.88. The second kappa shape index (κ2) is 4.42. The number of hydrogen-bond donors (Lipinski definition) is 1. The third-order valence-corrected chi connectivity index (χ3v) is 2.34. The standard InChI is InChI=1S/C10H16O3/c1-7(8(2)11)10(12)13-9-5-3-4-6-9/h8-9,11H,1,3-6H2,2H3. The minimum atomic E-state index is -0.811. The topological polar surface area (TPSA) is 46.5 Å². The number of rotatable bonds is 3. The third-order valence-electron chi connectivity index (χ3n) is 2.34. The molecule has 1 N–H and O–H groups in total. The largest absolute Gasteiger partial charge is 0.459 e. The highest BCUT2D eigenvalue weighted by Crippen LogP contribution is 2.22. The lowest BCUT2D eigenvalue weighted by atomic mass is 10.2. The van der Waals surface area contributed by atoms with Gasteiger partial charge in [-0.05, 0) is 32.6 Å². The number of aliphatic hydroxyl groups excluding tert-OH is 1. The van der Waals surface area contributed by atoms with Crippen molar-refractivity contribution in [3.05, 3.63) is 12.2 Å². The number of ether oxygens (including phenoxy) is 1. The summed E-state index contributed by atoms with van der Waals surface area (Å²) in [5.74, 6) is -0.457. The summed E-state index contributed by atoms with van der Waals surface area (Å²) in [5, 5.41) is 9.06. The van der Waals surface area contributed by atoms with Crippen molar-refractivity contribution in [2.75, 3.05) is 0 Å². The van der Waals surface area contributed by atoms with Gasteiger partial charge in [-0.15, -0.1) is 0 Å². The Morgan fingerprint density at radius 2 is 2.08 bits per heavy atom. The van der Waals surface area contributed by atoms with Crippen LogP contribution in [0.3, 0.4) is 0 Å². The molecule has 0 radical (unpaired) electrons. The minimum Gasteiger partial charge on any atom is -0.459 e. The number of carbonyl (C=O) groups excluding carboxylic acids is 1. The maximum atomic E-state index is 11.3. The Bertz CT molecular complexity index is 202. The molecule has 3 nitrogen and oxygen atoms in total. The van der Waals surface area contributed by atoms with Crippen LogP contribution in [-0.4, -0.2) is 23.3 Å². The maximum Gasteiger partial charge on any atom is 0.336 e. The summed E-state index contributed by atoms with van der Waals surface area (Å²) in [6.45, 7) is 4.98. The molecule has 0 amide bonds. The van der Waals surface area contributed by atoms with E-state index in [9.17, 15) is 4.79 Å². The normalized spacial score (nSPS) is 19.8. The van der Waals surface area contributed by atoms with Crippen molar-refractivity contribution in [2.45, 2.75) is 44.8 Å². The molecule has 1 unspecified atom stereocenters. The predicted octanol–water partition coefficient (Wildman–Crippen LogP) is 1.41. The van der Waals surface area contributed by atoms with Gasteiger partial charge in [0.25, 0.3) is 0 Å². The first-order valence-corrected chi connectivity index (χ1v) is 4.69. The van der Waals surface area contributed by atoms with E-state index in [1.807, 2.05) is 0 Å². The Morgan fingerprint density at radius 1 is 1.54 bits per heavy atom. The van der Waals surface area contributed by atoms with Gasteiger partial charge in [0, 0.05) is 0 Å². The molecule has 0 bridgehead atoms. The van der Waals surface area contributed by atoms with Gasteiger partial charge in [0.05, 0.1) is 11.7 Å². The average molecular weight is 184 g/mol. The summed E-state index contributed by atoms with van der Waals surface area (Å²) in [6, 6.07) is 0. The van der Waals surface area contributed by atoms with Crippen molar-refractivity contribution in [2.24, 2.45) is 0 Å². The van der Waals surface area contributed by atoms with Crippen LogP contribution in [0.15, 0.2) is 12.2 Å². The zero-order valence-electron chi connectivity index (χ0n) is 7.95. The Labute approximate surface area is 78.4 Å². The summed E-state index contributed by atoms with van der Waals surface area (Å²) >= 11 is 0. The van der Waals surface area contributed by atoms with Gasteiger partial charge in [-0.3, -0.25) is 0 Å². The highest BCUT2D eigenvalue weighted by atomic mass is 16.5. The quantitative estimate of drug-likeness (QED) is 0.533. The molecule has 1 aliphatic carbocycles. The highest BCUT2D eigenvalue weighted by Gasteiger charge is 2.21. The van der Waals surface area contributed by atoms with E-state index in [1.165, 1.54) is 6.92 Å². The smallest absolute Gasteiger partial charge is 0.336 e. The first-order chi connectivity index (χ1) is 6.11. The number of hydrogen-bond acceptors (Lipinski definition) is 3. The van der Waals surface area contributed by atoms with Crippen LogP contribution in [0.4, 0.5) is 0 Å². The van der Waals surface area contributed by atoms with Crippen LogP contribution < -0.4 is 0 Å². The molecule has 0 saturated heterocycles. The fourth-order valence-electron chi connectivity index (χ4n) is 1.40. The fraction of sp³-hybridized carbons (Fsp3) is 0.700. The molecule has 1 saturated carbocycles. The molecular weight excluding hydrogens is 168 g/mol. The van der Waals surface area contributed by atoms with Gasteiger partial charge in [0.2, 0.25) is 0 Å². The van der Waals surface area contributed by atoms with Crippen LogP contribution in [0, 0.1) is 0 Å². The van der Waals surface area contributed by atoms with Crippen LogP contribution in [0.25, 0.3) is 0 Å². The van der Waals surface area contributed by atoms with Crippen LogP contribution in [-0.2, 0) is 9.53 Å². The van der Waals surface area contributed by atoms with Crippen molar-refractivity contribution in [3.63, 3.8) is 0 Å². The van der Waals surface area contributed by atoms with Gasteiger partial charge in [-0.25, -0.2) is 4.79 Å². The second-order valence-corrected chi connectivity index (χ2v) is 3.51. The molecule has 0 aliphatic heterocycles. The summed E-state index contributed by atoms with van der Waals surface area (Å²) in [5.41, 5.74) is 0.145. The zero-order valence-corrected chi connectivity index (χ0v) is 7.95. The summed E-state index contributed by atoms with van der Waals surface area (Å²) in [6.07, 6.45) is 3.37.